The maximum absolute atomic E-state index is 6.25. The van der Waals surface area contributed by atoms with Crippen molar-refractivity contribution in [2.24, 2.45) is 11.7 Å². The summed E-state index contributed by atoms with van der Waals surface area (Å²) in [5, 5.41) is 0. The Morgan fingerprint density at radius 3 is 2.82 bits per heavy atom. The van der Waals surface area contributed by atoms with Crippen LogP contribution in [0.15, 0.2) is 24.3 Å². The van der Waals surface area contributed by atoms with Gasteiger partial charge in [0.1, 0.15) is 0 Å². The molecule has 2 heteroatoms. The standard InChI is InChI=1S/C15H23NS/c1-12-5-4-6-13(9-12)10-17-11-15(16)14-7-2-3-8-14/h4-6,9,14-15H,2-3,7-8,10-11,16H2,1H3. The van der Waals surface area contributed by atoms with E-state index in [0.29, 0.717) is 6.04 Å². The van der Waals surface area contributed by atoms with Gasteiger partial charge in [0.15, 0.2) is 0 Å². The van der Waals surface area contributed by atoms with E-state index in [1.807, 2.05) is 11.8 Å². The van der Waals surface area contributed by atoms with Crippen LogP contribution in [0.5, 0.6) is 0 Å². The minimum absolute atomic E-state index is 0.410. The number of nitrogens with two attached hydrogens (primary N) is 1. The largest absolute Gasteiger partial charge is 0.327 e. The van der Waals surface area contributed by atoms with E-state index in [1.165, 1.54) is 36.8 Å². The van der Waals surface area contributed by atoms with Crippen molar-refractivity contribution in [1.82, 2.24) is 0 Å². The van der Waals surface area contributed by atoms with Crippen LogP contribution in [0.4, 0.5) is 0 Å². The lowest BCUT2D eigenvalue weighted by atomic mass is 10.0. The smallest absolute Gasteiger partial charge is 0.0185 e. The highest BCUT2D eigenvalue weighted by Crippen LogP contribution is 2.28. The predicted octanol–water partition coefficient (Wildman–Crippen LogP) is 3.75. The van der Waals surface area contributed by atoms with Crippen molar-refractivity contribution in [3.8, 4) is 0 Å². The van der Waals surface area contributed by atoms with E-state index in [0.717, 1.165) is 17.4 Å². The fourth-order valence-electron chi connectivity index (χ4n) is 2.64. The average molecular weight is 249 g/mol. The summed E-state index contributed by atoms with van der Waals surface area (Å²) >= 11 is 1.98. The van der Waals surface area contributed by atoms with Crippen molar-refractivity contribution >= 4 is 11.8 Å². The molecule has 0 bridgehead atoms. The predicted molar refractivity (Wildman–Crippen MR) is 77.3 cm³/mol. The van der Waals surface area contributed by atoms with E-state index in [-0.39, 0.29) is 0 Å². The molecule has 1 atom stereocenters. The minimum atomic E-state index is 0.410. The van der Waals surface area contributed by atoms with Crippen LogP contribution in [-0.4, -0.2) is 11.8 Å². The number of benzene rings is 1. The molecule has 17 heavy (non-hydrogen) atoms. The van der Waals surface area contributed by atoms with Crippen LogP contribution in [0.2, 0.25) is 0 Å². The molecule has 2 rings (SSSR count). The van der Waals surface area contributed by atoms with Crippen molar-refractivity contribution in [1.29, 1.82) is 0 Å². The van der Waals surface area contributed by atoms with Crippen LogP contribution in [-0.2, 0) is 5.75 Å². The second-order valence-corrected chi connectivity index (χ2v) is 6.24. The summed E-state index contributed by atoms with van der Waals surface area (Å²) in [7, 11) is 0. The van der Waals surface area contributed by atoms with Crippen LogP contribution in [0, 0.1) is 12.8 Å². The SMILES string of the molecule is Cc1cccc(CSCC(N)C2CCCC2)c1. The monoisotopic (exact) mass is 249 g/mol. The number of hydrogen-bond donors (Lipinski definition) is 1. The third kappa shape index (κ3) is 4.04. The summed E-state index contributed by atoms with van der Waals surface area (Å²) in [5.74, 6) is 3.00. The fourth-order valence-corrected chi connectivity index (χ4v) is 3.71. The van der Waals surface area contributed by atoms with Gasteiger partial charge in [0, 0.05) is 17.5 Å². The fraction of sp³-hybridized carbons (Fsp3) is 0.600. The average Bonchev–Trinajstić information content (AvgIpc) is 2.82. The molecule has 1 saturated carbocycles. The minimum Gasteiger partial charge on any atom is -0.327 e. The molecule has 1 aromatic rings. The first-order chi connectivity index (χ1) is 8.25. The Morgan fingerprint density at radius 1 is 1.35 bits per heavy atom. The van der Waals surface area contributed by atoms with Crippen molar-refractivity contribution < 1.29 is 0 Å². The first-order valence-corrected chi connectivity index (χ1v) is 7.80. The summed E-state index contributed by atoms with van der Waals surface area (Å²) in [6.45, 7) is 2.15. The molecule has 1 nitrogen and oxygen atoms in total. The second-order valence-electron chi connectivity index (χ2n) is 5.21. The molecule has 0 saturated heterocycles. The number of rotatable bonds is 5. The molecule has 1 aliphatic carbocycles. The zero-order chi connectivity index (χ0) is 12.1. The number of thioether (sulfide) groups is 1. The highest BCUT2D eigenvalue weighted by molar-refractivity contribution is 7.98. The topological polar surface area (TPSA) is 26.0 Å². The van der Waals surface area contributed by atoms with E-state index >= 15 is 0 Å². The molecule has 1 unspecified atom stereocenters. The molecule has 0 aliphatic heterocycles. The Bertz CT molecular complexity index is 345. The highest BCUT2D eigenvalue weighted by atomic mass is 32.2. The van der Waals surface area contributed by atoms with Gasteiger partial charge in [0.05, 0.1) is 0 Å². The van der Waals surface area contributed by atoms with Crippen molar-refractivity contribution in [3.05, 3.63) is 35.4 Å². The van der Waals surface area contributed by atoms with E-state index in [9.17, 15) is 0 Å². The molecule has 2 N–H and O–H groups in total. The summed E-state index contributed by atoms with van der Waals surface area (Å²) in [6, 6.07) is 9.18. The van der Waals surface area contributed by atoms with Gasteiger partial charge < -0.3 is 5.73 Å². The van der Waals surface area contributed by atoms with E-state index in [2.05, 4.69) is 31.2 Å². The number of aryl methyl sites for hydroxylation is 1. The normalized spacial score (nSPS) is 18.5. The van der Waals surface area contributed by atoms with Gasteiger partial charge in [-0.1, -0.05) is 42.7 Å². The van der Waals surface area contributed by atoms with Gasteiger partial charge in [-0.25, -0.2) is 0 Å². The first-order valence-electron chi connectivity index (χ1n) is 6.64. The molecule has 0 amide bonds. The molecule has 0 spiro atoms. The molecule has 0 heterocycles. The number of hydrogen-bond acceptors (Lipinski definition) is 2. The Kier molecular flexibility index (Phi) is 4.93. The lowest BCUT2D eigenvalue weighted by Crippen LogP contribution is -2.30. The second kappa shape index (κ2) is 6.46. The van der Waals surface area contributed by atoms with E-state index in [4.69, 9.17) is 5.73 Å². The Morgan fingerprint density at radius 2 is 2.12 bits per heavy atom. The van der Waals surface area contributed by atoms with Crippen LogP contribution in [0.1, 0.15) is 36.8 Å². The lowest BCUT2D eigenvalue weighted by molar-refractivity contribution is 0.463. The molecule has 0 radical (unpaired) electrons. The van der Waals surface area contributed by atoms with Gasteiger partial charge in [0.25, 0.3) is 0 Å². The summed E-state index contributed by atoms with van der Waals surface area (Å²) in [4.78, 5) is 0. The molecule has 94 valence electrons. The molecular formula is C15H23NS. The Hall–Kier alpha value is -0.470. The van der Waals surface area contributed by atoms with Crippen molar-refractivity contribution in [3.63, 3.8) is 0 Å². The highest BCUT2D eigenvalue weighted by Gasteiger charge is 2.21. The van der Waals surface area contributed by atoms with Gasteiger partial charge in [0.2, 0.25) is 0 Å². The summed E-state index contributed by atoms with van der Waals surface area (Å²) in [5.41, 5.74) is 9.03. The zero-order valence-corrected chi connectivity index (χ0v) is 11.5. The molecular weight excluding hydrogens is 226 g/mol. The zero-order valence-electron chi connectivity index (χ0n) is 10.7. The molecule has 0 aromatic heterocycles. The van der Waals surface area contributed by atoms with Crippen LogP contribution < -0.4 is 5.73 Å². The van der Waals surface area contributed by atoms with E-state index in [1.54, 1.807) is 0 Å². The molecule has 1 aromatic carbocycles. The van der Waals surface area contributed by atoms with Gasteiger partial charge in [-0.15, -0.1) is 0 Å². The third-order valence-corrected chi connectivity index (χ3v) is 4.82. The Balaban J connectivity index is 1.71. The molecule has 1 aliphatic rings. The summed E-state index contributed by atoms with van der Waals surface area (Å²) < 4.78 is 0. The van der Waals surface area contributed by atoms with Crippen LogP contribution in [0.3, 0.4) is 0 Å². The quantitative estimate of drug-likeness (QED) is 0.860. The van der Waals surface area contributed by atoms with Gasteiger partial charge in [-0.05, 0) is 31.2 Å². The maximum Gasteiger partial charge on any atom is 0.0185 e. The summed E-state index contributed by atoms with van der Waals surface area (Å²) in [6.07, 6.45) is 5.49. The van der Waals surface area contributed by atoms with Gasteiger partial charge >= 0.3 is 0 Å². The van der Waals surface area contributed by atoms with Crippen LogP contribution >= 0.6 is 11.8 Å². The van der Waals surface area contributed by atoms with Gasteiger partial charge in [-0.3, -0.25) is 0 Å². The van der Waals surface area contributed by atoms with Gasteiger partial charge in [-0.2, -0.15) is 11.8 Å². The first kappa shape index (κ1) is 13.0. The Labute approximate surface area is 109 Å². The lowest BCUT2D eigenvalue weighted by Gasteiger charge is -2.18. The maximum atomic E-state index is 6.25. The van der Waals surface area contributed by atoms with Crippen LogP contribution in [0.25, 0.3) is 0 Å². The third-order valence-electron chi connectivity index (χ3n) is 3.67. The van der Waals surface area contributed by atoms with Crippen molar-refractivity contribution in [2.45, 2.75) is 44.4 Å². The van der Waals surface area contributed by atoms with Crippen molar-refractivity contribution in [2.75, 3.05) is 5.75 Å². The molecule has 1 fully saturated rings. The van der Waals surface area contributed by atoms with E-state index < -0.39 is 0 Å².